The molecule has 0 unspecified atom stereocenters. The zero-order chi connectivity index (χ0) is 35.3. The van der Waals surface area contributed by atoms with E-state index in [9.17, 15) is 27.9 Å². The van der Waals surface area contributed by atoms with Crippen LogP contribution in [0.2, 0.25) is 0 Å². The number of aliphatic hydroxyl groups is 1. The maximum atomic E-state index is 13.4. The molecule has 2 aromatic carbocycles. The van der Waals surface area contributed by atoms with Gasteiger partial charge in [-0.25, -0.2) is 9.78 Å². The molecule has 1 saturated heterocycles. The van der Waals surface area contributed by atoms with E-state index in [1.165, 1.54) is 33.1 Å². The van der Waals surface area contributed by atoms with Crippen molar-refractivity contribution in [3.8, 4) is 11.1 Å². The SMILES string of the molecule is CCC(=O)N[C@H]1C[C@@H](n2cnc3c(NCC4c5ccccc5-c5ccccc54)nc(N4CC[C@@H](N(C)C)C4)nc32)[C@H](OC(=O)C(F)(F)F)[C@@H]1O. The van der Waals surface area contributed by atoms with E-state index in [0.717, 1.165) is 6.42 Å². The number of likely N-dealkylation sites (N-methyl/N-ethyl adjacent to an activating group) is 1. The summed E-state index contributed by atoms with van der Waals surface area (Å²) in [7, 11) is 4.03. The van der Waals surface area contributed by atoms with Gasteiger partial charge in [0.05, 0.1) is 18.4 Å². The Bertz CT molecular complexity index is 1870. The number of esters is 1. The van der Waals surface area contributed by atoms with Crippen molar-refractivity contribution in [2.24, 2.45) is 0 Å². The average Bonchev–Trinajstić information content (AvgIpc) is 3.88. The maximum Gasteiger partial charge on any atom is 0.490 e. The number of aliphatic hydroxyl groups excluding tert-OH is 1. The fourth-order valence-electron chi connectivity index (χ4n) is 7.49. The molecule has 1 saturated carbocycles. The summed E-state index contributed by atoms with van der Waals surface area (Å²) >= 11 is 0. The molecular weight excluding hydrogens is 653 g/mol. The molecule has 12 nitrogen and oxygen atoms in total. The van der Waals surface area contributed by atoms with Crippen LogP contribution in [0.25, 0.3) is 22.3 Å². The number of amides is 1. The molecule has 2 aliphatic carbocycles. The summed E-state index contributed by atoms with van der Waals surface area (Å²) in [6.45, 7) is 3.44. The zero-order valence-electron chi connectivity index (χ0n) is 27.9. The number of fused-ring (bicyclic) bond motifs is 4. The molecule has 1 amide bonds. The van der Waals surface area contributed by atoms with Gasteiger partial charge in [0.15, 0.2) is 23.1 Å². The van der Waals surface area contributed by atoms with Gasteiger partial charge in [-0.3, -0.25) is 4.79 Å². The number of rotatable bonds is 9. The molecule has 4 aromatic rings. The number of benzene rings is 2. The van der Waals surface area contributed by atoms with Crippen LogP contribution in [0.4, 0.5) is 24.9 Å². The first-order chi connectivity index (χ1) is 23.9. The summed E-state index contributed by atoms with van der Waals surface area (Å²) in [6.07, 6.45) is -6.17. The third kappa shape index (κ3) is 6.12. The van der Waals surface area contributed by atoms with Crippen molar-refractivity contribution < 1.29 is 32.6 Å². The normalized spacial score (nSPS) is 23.4. The van der Waals surface area contributed by atoms with E-state index in [1.54, 1.807) is 6.92 Å². The quantitative estimate of drug-likeness (QED) is 0.222. The molecular formula is C35H39F3N8O4. The number of nitrogens with one attached hydrogen (secondary N) is 2. The lowest BCUT2D eigenvalue weighted by Gasteiger charge is -2.25. The third-order valence-electron chi connectivity index (χ3n) is 10.1. The van der Waals surface area contributed by atoms with Gasteiger partial charge in [-0.2, -0.15) is 23.1 Å². The largest absolute Gasteiger partial charge is 0.490 e. The van der Waals surface area contributed by atoms with E-state index >= 15 is 0 Å². The van der Waals surface area contributed by atoms with Crippen LogP contribution in [-0.4, -0.2) is 106 Å². The summed E-state index contributed by atoms with van der Waals surface area (Å²) in [5.74, 6) is -1.96. The molecule has 3 aliphatic rings. The molecule has 2 aromatic heterocycles. The second kappa shape index (κ2) is 13.2. The van der Waals surface area contributed by atoms with Crippen molar-refractivity contribution in [1.82, 2.24) is 29.7 Å². The van der Waals surface area contributed by atoms with Crippen molar-refractivity contribution in [3.63, 3.8) is 0 Å². The highest BCUT2D eigenvalue weighted by Gasteiger charge is 2.51. The molecule has 0 radical (unpaired) electrons. The number of nitrogens with zero attached hydrogens (tertiary/aromatic N) is 6. The second-order valence-corrected chi connectivity index (χ2v) is 13.3. The molecule has 5 atom stereocenters. The van der Waals surface area contributed by atoms with Gasteiger partial charge in [0.25, 0.3) is 0 Å². The van der Waals surface area contributed by atoms with Gasteiger partial charge in [-0.1, -0.05) is 55.5 Å². The predicted molar refractivity (Wildman–Crippen MR) is 180 cm³/mol. The molecule has 2 fully saturated rings. The summed E-state index contributed by atoms with van der Waals surface area (Å²) < 4.78 is 46.6. The van der Waals surface area contributed by atoms with Crippen molar-refractivity contribution in [2.45, 2.75) is 68.6 Å². The van der Waals surface area contributed by atoms with E-state index in [2.05, 4.69) is 49.7 Å². The number of imidazole rings is 1. The minimum atomic E-state index is -5.28. The summed E-state index contributed by atoms with van der Waals surface area (Å²) in [4.78, 5) is 43.0. The number of carbonyl (C=O) groups excluding carboxylic acids is 2. The first-order valence-corrected chi connectivity index (χ1v) is 16.8. The number of hydrogen-bond donors (Lipinski definition) is 3. The lowest BCUT2D eigenvalue weighted by molar-refractivity contribution is -0.209. The Morgan fingerprint density at radius 1 is 1.06 bits per heavy atom. The molecule has 15 heteroatoms. The van der Waals surface area contributed by atoms with Crippen molar-refractivity contribution in [3.05, 3.63) is 66.0 Å². The fourth-order valence-corrected chi connectivity index (χ4v) is 7.49. The number of carbonyl (C=O) groups is 2. The Morgan fingerprint density at radius 3 is 2.36 bits per heavy atom. The highest BCUT2D eigenvalue weighted by Crippen LogP contribution is 2.45. The molecule has 3 heterocycles. The summed E-state index contributed by atoms with van der Waals surface area (Å²) in [6, 6.07) is 14.8. The molecule has 7 rings (SSSR count). The summed E-state index contributed by atoms with van der Waals surface area (Å²) in [5, 5.41) is 17.3. The Labute approximate surface area is 286 Å². The zero-order valence-corrected chi connectivity index (χ0v) is 27.9. The van der Waals surface area contributed by atoms with Crippen molar-refractivity contribution in [2.75, 3.05) is 43.9 Å². The average molecular weight is 693 g/mol. The van der Waals surface area contributed by atoms with Crippen LogP contribution in [0.5, 0.6) is 0 Å². The molecule has 50 heavy (non-hydrogen) atoms. The minimum Gasteiger partial charge on any atom is -0.451 e. The molecule has 0 bridgehead atoms. The smallest absolute Gasteiger partial charge is 0.451 e. The number of aromatic nitrogens is 4. The number of anilines is 2. The van der Waals surface area contributed by atoms with Crippen LogP contribution in [0.15, 0.2) is 54.9 Å². The number of hydrogen-bond acceptors (Lipinski definition) is 10. The lowest BCUT2D eigenvalue weighted by atomic mass is 9.97. The predicted octanol–water partition coefficient (Wildman–Crippen LogP) is 3.87. The second-order valence-electron chi connectivity index (χ2n) is 13.3. The highest BCUT2D eigenvalue weighted by molar-refractivity contribution is 5.85. The lowest BCUT2D eigenvalue weighted by Crippen LogP contribution is -2.45. The van der Waals surface area contributed by atoms with E-state index in [4.69, 9.17) is 14.7 Å². The van der Waals surface area contributed by atoms with E-state index < -0.39 is 42.3 Å². The molecule has 0 spiro atoms. The number of ether oxygens (including phenoxy) is 1. The van der Waals surface area contributed by atoms with Gasteiger partial charge in [0.1, 0.15) is 6.10 Å². The monoisotopic (exact) mass is 692 g/mol. The number of halogens is 3. The van der Waals surface area contributed by atoms with Crippen LogP contribution in [-0.2, 0) is 14.3 Å². The van der Waals surface area contributed by atoms with Gasteiger partial charge >= 0.3 is 12.1 Å². The molecule has 264 valence electrons. The molecule has 1 aliphatic heterocycles. The fraction of sp³-hybridized carbons (Fsp3) is 0.457. The maximum absolute atomic E-state index is 13.4. The minimum absolute atomic E-state index is 0.0157. The topological polar surface area (TPSA) is 138 Å². The van der Waals surface area contributed by atoms with Crippen LogP contribution >= 0.6 is 0 Å². The Kier molecular flexibility index (Phi) is 8.89. The molecule has 3 N–H and O–H groups in total. The summed E-state index contributed by atoms with van der Waals surface area (Å²) in [5.41, 5.74) is 5.37. The van der Waals surface area contributed by atoms with Gasteiger partial charge in [0.2, 0.25) is 11.9 Å². The third-order valence-corrected chi connectivity index (χ3v) is 10.1. The van der Waals surface area contributed by atoms with Crippen molar-refractivity contribution >= 4 is 34.8 Å². The first-order valence-electron chi connectivity index (χ1n) is 16.8. The van der Waals surface area contributed by atoms with Crippen LogP contribution in [0.1, 0.15) is 49.3 Å². The first kappa shape index (κ1) is 33.7. The van der Waals surface area contributed by atoms with Crippen molar-refractivity contribution in [1.29, 1.82) is 0 Å². The highest BCUT2D eigenvalue weighted by atomic mass is 19.4. The van der Waals surface area contributed by atoms with Gasteiger partial charge in [0, 0.05) is 38.0 Å². The van der Waals surface area contributed by atoms with Gasteiger partial charge in [-0.15, -0.1) is 0 Å². The van der Waals surface area contributed by atoms with E-state index in [0.29, 0.717) is 42.6 Å². The Morgan fingerprint density at radius 2 is 1.74 bits per heavy atom. The van der Waals surface area contributed by atoms with Crippen LogP contribution in [0, 0.1) is 0 Å². The Hall–Kier alpha value is -4.76. The van der Waals surface area contributed by atoms with Crippen LogP contribution < -0.4 is 15.5 Å². The number of alkyl halides is 3. The Balaban J connectivity index is 1.28. The van der Waals surface area contributed by atoms with E-state index in [1.807, 2.05) is 38.4 Å². The van der Waals surface area contributed by atoms with Gasteiger partial charge in [-0.05, 0) is 49.2 Å². The van der Waals surface area contributed by atoms with Crippen LogP contribution in [0.3, 0.4) is 0 Å². The van der Waals surface area contributed by atoms with Gasteiger partial charge < -0.3 is 34.8 Å². The standard InChI is InChI=1S/C35H39F3N8O4/c1-4-27(47)41-25-15-26(30(29(25)48)50-33(49)35(36,37)38)46-18-40-28-31(42-34(43-32(28)46)45-14-13-19(17-45)44(2)3)39-16-24-22-11-7-5-9-20(22)21-10-6-8-12-23(21)24/h5-12,18-19,24-26,29-30,48H,4,13-17H2,1-3H3,(H,41,47)(H,39,42,43)/t19-,25+,26-,29-,30+/m1/s1. The van der Waals surface area contributed by atoms with E-state index in [-0.39, 0.29) is 24.8 Å².